The van der Waals surface area contributed by atoms with Crippen LogP contribution in [0.25, 0.3) is 0 Å². The van der Waals surface area contributed by atoms with E-state index in [-0.39, 0.29) is 17.8 Å². The first kappa shape index (κ1) is 13.9. The highest BCUT2D eigenvalue weighted by molar-refractivity contribution is 5.90. The van der Waals surface area contributed by atoms with Crippen molar-refractivity contribution in [1.29, 1.82) is 0 Å². The molecule has 104 valence electrons. The molecule has 19 heavy (non-hydrogen) atoms. The Morgan fingerprint density at radius 2 is 2.32 bits per heavy atom. The van der Waals surface area contributed by atoms with Gasteiger partial charge in [0.2, 0.25) is 5.91 Å². The zero-order chi connectivity index (χ0) is 13.7. The lowest BCUT2D eigenvalue weighted by Gasteiger charge is -2.22. The Balaban J connectivity index is 1.78. The molecule has 0 radical (unpaired) electrons. The lowest BCUT2D eigenvalue weighted by atomic mass is 10.0. The molecule has 0 saturated carbocycles. The van der Waals surface area contributed by atoms with Gasteiger partial charge in [0, 0.05) is 24.8 Å². The highest BCUT2D eigenvalue weighted by Crippen LogP contribution is 2.21. The number of amides is 1. The lowest BCUT2D eigenvalue weighted by molar-refractivity contribution is -0.117. The molecule has 1 fully saturated rings. The molecule has 1 saturated heterocycles. The number of hydrogen-bond acceptors (Lipinski definition) is 3. The van der Waals surface area contributed by atoms with Crippen molar-refractivity contribution in [1.82, 2.24) is 0 Å². The number of ether oxygens (including phenoxy) is 1. The Hall–Kier alpha value is -1.55. The van der Waals surface area contributed by atoms with Gasteiger partial charge in [0.25, 0.3) is 0 Å². The van der Waals surface area contributed by atoms with Crippen LogP contribution in [0, 0.1) is 6.92 Å². The van der Waals surface area contributed by atoms with Crippen molar-refractivity contribution in [2.24, 2.45) is 0 Å². The molecule has 2 N–H and O–H groups in total. The van der Waals surface area contributed by atoms with E-state index in [9.17, 15) is 9.90 Å². The van der Waals surface area contributed by atoms with Crippen LogP contribution in [0.3, 0.4) is 0 Å². The van der Waals surface area contributed by atoms with E-state index >= 15 is 0 Å². The number of aromatic hydroxyl groups is 1. The molecule has 1 heterocycles. The van der Waals surface area contributed by atoms with Gasteiger partial charge in [-0.2, -0.15) is 0 Å². The second-order valence-electron chi connectivity index (χ2n) is 5.08. The molecule has 1 aromatic rings. The van der Waals surface area contributed by atoms with Crippen molar-refractivity contribution in [2.45, 2.75) is 45.1 Å². The van der Waals surface area contributed by atoms with Crippen LogP contribution in [0.2, 0.25) is 0 Å². The van der Waals surface area contributed by atoms with Crippen LogP contribution in [0.5, 0.6) is 5.75 Å². The van der Waals surface area contributed by atoms with E-state index in [2.05, 4.69) is 5.32 Å². The van der Waals surface area contributed by atoms with Crippen molar-refractivity contribution in [3.05, 3.63) is 23.8 Å². The number of carbonyl (C=O) groups is 1. The van der Waals surface area contributed by atoms with E-state index in [0.29, 0.717) is 12.1 Å². The number of phenolic OH excluding ortho intramolecular Hbond substituents is 1. The van der Waals surface area contributed by atoms with Crippen molar-refractivity contribution >= 4 is 11.6 Å². The Morgan fingerprint density at radius 1 is 1.47 bits per heavy atom. The molecule has 1 amide bonds. The van der Waals surface area contributed by atoms with Crippen LogP contribution in [-0.2, 0) is 9.53 Å². The predicted octanol–water partition coefficient (Wildman–Crippen LogP) is 2.99. The molecular formula is C15H21NO3. The summed E-state index contributed by atoms with van der Waals surface area (Å²) in [4.78, 5) is 11.8. The van der Waals surface area contributed by atoms with Gasteiger partial charge in [0.05, 0.1) is 6.10 Å². The van der Waals surface area contributed by atoms with Crippen LogP contribution in [0.1, 0.15) is 37.7 Å². The monoisotopic (exact) mass is 263 g/mol. The molecule has 0 bridgehead atoms. The van der Waals surface area contributed by atoms with Crippen LogP contribution in [0.15, 0.2) is 18.2 Å². The number of hydrogen-bond donors (Lipinski definition) is 2. The van der Waals surface area contributed by atoms with Crippen LogP contribution in [-0.4, -0.2) is 23.7 Å². The number of carbonyl (C=O) groups excluding carboxylic acids is 1. The second-order valence-corrected chi connectivity index (χ2v) is 5.08. The van der Waals surface area contributed by atoms with E-state index in [1.54, 1.807) is 18.2 Å². The first-order valence-corrected chi connectivity index (χ1v) is 6.86. The average molecular weight is 263 g/mol. The third-order valence-electron chi connectivity index (χ3n) is 3.46. The molecule has 1 atom stereocenters. The summed E-state index contributed by atoms with van der Waals surface area (Å²) in [6.45, 7) is 2.64. The Labute approximate surface area is 113 Å². The maximum Gasteiger partial charge on any atom is 0.224 e. The minimum atomic E-state index is -0.0302. The lowest BCUT2D eigenvalue weighted by Crippen LogP contribution is -2.21. The standard InChI is InChI=1S/C15H21NO3/c1-11-5-6-12(10-14(11)17)16-15(18)8-7-13-4-2-3-9-19-13/h5-6,10,13,17H,2-4,7-9H2,1H3,(H,16,18). The van der Waals surface area contributed by atoms with Gasteiger partial charge in [-0.3, -0.25) is 4.79 Å². The molecule has 0 aliphatic carbocycles. The average Bonchev–Trinajstić information content (AvgIpc) is 2.42. The summed E-state index contributed by atoms with van der Waals surface area (Å²) in [5, 5.41) is 12.4. The molecule has 0 aromatic heterocycles. The fourth-order valence-corrected chi connectivity index (χ4v) is 2.24. The smallest absolute Gasteiger partial charge is 0.224 e. The fourth-order valence-electron chi connectivity index (χ4n) is 2.24. The fraction of sp³-hybridized carbons (Fsp3) is 0.533. The van der Waals surface area contributed by atoms with Crippen molar-refractivity contribution in [3.63, 3.8) is 0 Å². The zero-order valence-electron chi connectivity index (χ0n) is 11.3. The number of aryl methyl sites for hydroxylation is 1. The van der Waals surface area contributed by atoms with E-state index in [1.807, 2.05) is 6.92 Å². The van der Waals surface area contributed by atoms with E-state index in [1.165, 1.54) is 6.42 Å². The molecule has 1 aliphatic rings. The third kappa shape index (κ3) is 4.24. The van der Waals surface area contributed by atoms with Gasteiger partial charge in [-0.05, 0) is 44.2 Å². The van der Waals surface area contributed by atoms with Gasteiger partial charge in [-0.25, -0.2) is 0 Å². The third-order valence-corrected chi connectivity index (χ3v) is 3.46. The van der Waals surface area contributed by atoms with E-state index in [4.69, 9.17) is 4.74 Å². The Bertz CT molecular complexity index is 439. The van der Waals surface area contributed by atoms with Gasteiger partial charge >= 0.3 is 0 Å². The van der Waals surface area contributed by atoms with Crippen LogP contribution in [0.4, 0.5) is 5.69 Å². The van der Waals surface area contributed by atoms with Crippen molar-refractivity contribution in [2.75, 3.05) is 11.9 Å². The molecular weight excluding hydrogens is 242 g/mol. The Morgan fingerprint density at radius 3 is 3.00 bits per heavy atom. The molecule has 1 aliphatic heterocycles. The van der Waals surface area contributed by atoms with Gasteiger partial charge in [-0.15, -0.1) is 0 Å². The number of phenols is 1. The predicted molar refractivity (Wildman–Crippen MR) is 74.3 cm³/mol. The molecule has 4 heteroatoms. The summed E-state index contributed by atoms with van der Waals surface area (Å²) in [7, 11) is 0. The maximum absolute atomic E-state index is 11.8. The van der Waals surface area contributed by atoms with Crippen molar-refractivity contribution < 1.29 is 14.6 Å². The Kier molecular flexibility index (Phi) is 4.80. The SMILES string of the molecule is Cc1ccc(NC(=O)CCC2CCCCO2)cc1O. The second kappa shape index (κ2) is 6.57. The molecule has 1 aromatic carbocycles. The van der Waals surface area contributed by atoms with Gasteiger partial charge in [0.15, 0.2) is 0 Å². The largest absolute Gasteiger partial charge is 0.508 e. The molecule has 4 nitrogen and oxygen atoms in total. The topological polar surface area (TPSA) is 58.6 Å². The number of benzene rings is 1. The highest BCUT2D eigenvalue weighted by Gasteiger charge is 2.15. The normalized spacial score (nSPS) is 19.1. The quantitative estimate of drug-likeness (QED) is 0.878. The highest BCUT2D eigenvalue weighted by atomic mass is 16.5. The van der Waals surface area contributed by atoms with Crippen molar-refractivity contribution in [3.8, 4) is 5.75 Å². The summed E-state index contributed by atoms with van der Waals surface area (Å²) < 4.78 is 5.59. The first-order valence-electron chi connectivity index (χ1n) is 6.86. The van der Waals surface area contributed by atoms with Gasteiger partial charge in [0.1, 0.15) is 5.75 Å². The summed E-state index contributed by atoms with van der Waals surface area (Å²) >= 11 is 0. The number of anilines is 1. The van der Waals surface area contributed by atoms with Crippen LogP contribution >= 0.6 is 0 Å². The molecule has 0 spiro atoms. The first-order chi connectivity index (χ1) is 9.15. The van der Waals surface area contributed by atoms with E-state index in [0.717, 1.165) is 31.4 Å². The summed E-state index contributed by atoms with van der Waals surface area (Å²) in [6.07, 6.45) is 4.83. The summed E-state index contributed by atoms with van der Waals surface area (Å²) in [5.41, 5.74) is 1.44. The zero-order valence-corrected chi connectivity index (χ0v) is 11.3. The minimum Gasteiger partial charge on any atom is -0.508 e. The summed E-state index contributed by atoms with van der Waals surface area (Å²) in [5.74, 6) is 0.172. The number of nitrogens with one attached hydrogen (secondary N) is 1. The van der Waals surface area contributed by atoms with E-state index < -0.39 is 0 Å². The minimum absolute atomic E-state index is 0.0302. The van der Waals surface area contributed by atoms with Crippen LogP contribution < -0.4 is 5.32 Å². The maximum atomic E-state index is 11.8. The summed E-state index contributed by atoms with van der Waals surface area (Å²) in [6, 6.07) is 5.16. The van der Waals surface area contributed by atoms with Gasteiger partial charge < -0.3 is 15.2 Å². The van der Waals surface area contributed by atoms with Gasteiger partial charge in [-0.1, -0.05) is 6.07 Å². The molecule has 2 rings (SSSR count). The number of rotatable bonds is 4. The molecule has 1 unspecified atom stereocenters.